The summed E-state index contributed by atoms with van der Waals surface area (Å²) in [6, 6.07) is 7.42. The van der Waals surface area contributed by atoms with Gasteiger partial charge in [0.2, 0.25) is 5.91 Å². The topological polar surface area (TPSA) is 92.4 Å². The lowest BCUT2D eigenvalue weighted by molar-refractivity contribution is -0.119. The standard InChI is InChI=1S/C20H25N3O2.C5H12O2/c24-12-16-11-14-10-15(6-7-18(14)22-16)23-20(25)19-17(8-9-21-19)13-4-2-1-3-5-13;1-6-4-3-5-7-2/h6-7,10-13,17,19,21-22H,1-5,8-9H2,(H,23,25);3-5H2,1-2H3. The van der Waals surface area contributed by atoms with Gasteiger partial charge in [-0.1, -0.05) is 32.1 Å². The van der Waals surface area contributed by atoms with Crippen LogP contribution < -0.4 is 10.6 Å². The first-order chi connectivity index (χ1) is 15.7. The van der Waals surface area contributed by atoms with E-state index in [4.69, 9.17) is 9.47 Å². The number of ether oxygens (including phenoxy) is 2. The van der Waals surface area contributed by atoms with E-state index in [1.807, 2.05) is 18.2 Å². The summed E-state index contributed by atoms with van der Waals surface area (Å²) in [5, 5.41) is 7.41. The van der Waals surface area contributed by atoms with E-state index >= 15 is 0 Å². The molecule has 0 spiro atoms. The number of methoxy groups -OCH3 is 2. The minimum atomic E-state index is -0.0874. The van der Waals surface area contributed by atoms with Crippen LogP contribution in [0.3, 0.4) is 0 Å². The summed E-state index contributed by atoms with van der Waals surface area (Å²) in [6.07, 6.45) is 9.37. The molecule has 2 heterocycles. The number of amides is 1. The Morgan fingerprint density at radius 1 is 1.09 bits per heavy atom. The lowest BCUT2D eigenvalue weighted by Gasteiger charge is -2.30. The zero-order valence-electron chi connectivity index (χ0n) is 19.3. The zero-order chi connectivity index (χ0) is 22.8. The summed E-state index contributed by atoms with van der Waals surface area (Å²) in [5.41, 5.74) is 2.23. The van der Waals surface area contributed by atoms with Crippen LogP contribution in [0.2, 0.25) is 0 Å². The Labute approximate surface area is 190 Å². The molecule has 7 nitrogen and oxygen atoms in total. The average molecular weight is 444 g/mol. The van der Waals surface area contributed by atoms with Crippen molar-refractivity contribution in [2.75, 3.05) is 39.3 Å². The van der Waals surface area contributed by atoms with Gasteiger partial charge < -0.3 is 25.1 Å². The smallest absolute Gasteiger partial charge is 0.241 e. The number of hydrogen-bond donors (Lipinski definition) is 3. The van der Waals surface area contributed by atoms with Crippen LogP contribution in [0.15, 0.2) is 24.3 Å². The number of fused-ring (bicyclic) bond motifs is 1. The number of anilines is 1. The molecule has 176 valence electrons. The SMILES string of the molecule is COCCCOC.O=Cc1cc2cc(NC(=O)C3NCCC3C3CCCCC3)ccc2[nH]1. The van der Waals surface area contributed by atoms with Crippen molar-refractivity contribution in [3.63, 3.8) is 0 Å². The second kappa shape index (κ2) is 12.7. The summed E-state index contributed by atoms with van der Waals surface area (Å²) in [4.78, 5) is 26.8. The molecule has 1 aromatic heterocycles. The van der Waals surface area contributed by atoms with Crippen molar-refractivity contribution in [2.45, 2.75) is 51.0 Å². The third-order valence-corrected chi connectivity index (χ3v) is 6.54. The highest BCUT2D eigenvalue weighted by molar-refractivity contribution is 5.98. The molecule has 2 fully saturated rings. The fraction of sp³-hybridized carbons (Fsp3) is 0.600. The number of carbonyl (C=O) groups is 2. The number of rotatable bonds is 8. The van der Waals surface area contributed by atoms with E-state index < -0.39 is 0 Å². The number of H-pyrrole nitrogens is 1. The first-order valence-electron chi connectivity index (χ1n) is 11.8. The lowest BCUT2D eigenvalue weighted by atomic mass is 9.76. The van der Waals surface area contributed by atoms with Crippen LogP contribution in [0.1, 0.15) is 55.4 Å². The van der Waals surface area contributed by atoms with Gasteiger partial charge in [0.25, 0.3) is 0 Å². The second-order valence-electron chi connectivity index (χ2n) is 8.76. The lowest BCUT2D eigenvalue weighted by Crippen LogP contribution is -2.42. The normalized spacial score (nSPS) is 21.2. The van der Waals surface area contributed by atoms with Crippen molar-refractivity contribution in [2.24, 2.45) is 11.8 Å². The maximum Gasteiger partial charge on any atom is 0.241 e. The highest BCUT2D eigenvalue weighted by Crippen LogP contribution is 2.36. The maximum atomic E-state index is 12.8. The molecule has 1 aliphatic heterocycles. The number of nitrogens with one attached hydrogen (secondary N) is 3. The number of aromatic nitrogens is 1. The molecule has 3 N–H and O–H groups in total. The van der Waals surface area contributed by atoms with E-state index in [-0.39, 0.29) is 11.9 Å². The molecule has 1 saturated carbocycles. The van der Waals surface area contributed by atoms with E-state index in [0.717, 1.165) is 55.5 Å². The van der Waals surface area contributed by atoms with Crippen LogP contribution in [0.5, 0.6) is 0 Å². The molecule has 2 aromatic rings. The third kappa shape index (κ3) is 6.64. The molecule has 4 rings (SSSR count). The summed E-state index contributed by atoms with van der Waals surface area (Å²) in [7, 11) is 3.38. The molecular weight excluding hydrogens is 406 g/mol. The van der Waals surface area contributed by atoms with Crippen molar-refractivity contribution in [1.29, 1.82) is 0 Å². The van der Waals surface area contributed by atoms with Crippen molar-refractivity contribution in [1.82, 2.24) is 10.3 Å². The van der Waals surface area contributed by atoms with Crippen LogP contribution in [0.4, 0.5) is 5.69 Å². The second-order valence-corrected chi connectivity index (χ2v) is 8.76. The minimum absolute atomic E-state index is 0.0681. The molecule has 1 aromatic carbocycles. The molecule has 7 heteroatoms. The molecule has 1 saturated heterocycles. The fourth-order valence-corrected chi connectivity index (χ4v) is 4.94. The molecule has 2 unspecified atom stereocenters. The maximum absolute atomic E-state index is 12.8. The Morgan fingerprint density at radius 2 is 1.84 bits per heavy atom. The Balaban J connectivity index is 0.000000360. The molecular formula is C25H37N3O4. The van der Waals surface area contributed by atoms with Crippen molar-refractivity contribution >= 4 is 28.8 Å². The Morgan fingerprint density at radius 3 is 2.53 bits per heavy atom. The molecule has 0 radical (unpaired) electrons. The van der Waals surface area contributed by atoms with Gasteiger partial charge in [-0.15, -0.1) is 0 Å². The molecule has 2 atom stereocenters. The third-order valence-electron chi connectivity index (χ3n) is 6.54. The summed E-state index contributed by atoms with van der Waals surface area (Å²) >= 11 is 0. The van der Waals surface area contributed by atoms with Gasteiger partial charge in [-0.2, -0.15) is 0 Å². The van der Waals surface area contributed by atoms with E-state index in [0.29, 0.717) is 17.5 Å². The molecule has 32 heavy (non-hydrogen) atoms. The number of aldehydes is 1. The van der Waals surface area contributed by atoms with Crippen molar-refractivity contribution in [3.8, 4) is 0 Å². The van der Waals surface area contributed by atoms with E-state index in [1.54, 1.807) is 20.3 Å². The first-order valence-corrected chi connectivity index (χ1v) is 11.8. The van der Waals surface area contributed by atoms with Crippen molar-refractivity contribution in [3.05, 3.63) is 30.0 Å². The van der Waals surface area contributed by atoms with Gasteiger partial charge in [-0.25, -0.2) is 0 Å². The number of carbonyl (C=O) groups excluding carboxylic acids is 2. The van der Waals surface area contributed by atoms with Crippen LogP contribution in [-0.2, 0) is 14.3 Å². The highest BCUT2D eigenvalue weighted by atomic mass is 16.5. The Hall–Kier alpha value is -2.22. The number of hydrogen-bond acceptors (Lipinski definition) is 5. The molecule has 1 aliphatic carbocycles. The van der Waals surface area contributed by atoms with Gasteiger partial charge in [-0.3, -0.25) is 9.59 Å². The van der Waals surface area contributed by atoms with Crippen LogP contribution in [0, 0.1) is 11.8 Å². The van der Waals surface area contributed by atoms with Gasteiger partial charge >= 0.3 is 0 Å². The van der Waals surface area contributed by atoms with E-state index in [9.17, 15) is 9.59 Å². The Kier molecular flexibility index (Phi) is 9.71. The first kappa shape index (κ1) is 24.4. The number of aromatic amines is 1. The highest BCUT2D eigenvalue weighted by Gasteiger charge is 2.38. The van der Waals surface area contributed by atoms with Crippen molar-refractivity contribution < 1.29 is 19.1 Å². The average Bonchev–Trinajstić information content (AvgIpc) is 3.47. The summed E-state index contributed by atoms with van der Waals surface area (Å²) in [5.74, 6) is 1.21. The largest absolute Gasteiger partial charge is 0.385 e. The van der Waals surface area contributed by atoms with E-state index in [1.165, 1.54) is 32.1 Å². The monoisotopic (exact) mass is 443 g/mol. The predicted molar refractivity (Wildman–Crippen MR) is 127 cm³/mol. The quantitative estimate of drug-likeness (QED) is 0.421. The van der Waals surface area contributed by atoms with E-state index in [2.05, 4.69) is 15.6 Å². The van der Waals surface area contributed by atoms with Crippen LogP contribution in [-0.4, -0.2) is 57.2 Å². The van der Waals surface area contributed by atoms with Crippen LogP contribution in [0.25, 0.3) is 10.9 Å². The summed E-state index contributed by atoms with van der Waals surface area (Å²) in [6.45, 7) is 2.53. The Bertz CT molecular complexity index is 856. The fourth-order valence-electron chi connectivity index (χ4n) is 4.94. The summed E-state index contributed by atoms with van der Waals surface area (Å²) < 4.78 is 9.53. The van der Waals surface area contributed by atoms with Gasteiger partial charge in [0, 0.05) is 44.0 Å². The minimum Gasteiger partial charge on any atom is -0.385 e. The van der Waals surface area contributed by atoms with Crippen LogP contribution >= 0.6 is 0 Å². The molecule has 2 aliphatic rings. The van der Waals surface area contributed by atoms with Gasteiger partial charge in [0.15, 0.2) is 6.29 Å². The zero-order valence-corrected chi connectivity index (χ0v) is 19.3. The predicted octanol–water partition coefficient (Wildman–Crippen LogP) is 4.15. The van der Waals surface area contributed by atoms with Gasteiger partial charge in [0.1, 0.15) is 0 Å². The van der Waals surface area contributed by atoms with Gasteiger partial charge in [-0.05, 0) is 55.5 Å². The molecule has 0 bridgehead atoms. The number of benzene rings is 1. The van der Waals surface area contributed by atoms with Gasteiger partial charge in [0.05, 0.1) is 11.7 Å². The molecule has 1 amide bonds.